The number of hydrogen-bond acceptors (Lipinski definition) is 8. The number of rotatable bonds is 14. The maximum atomic E-state index is 14.1. The van der Waals surface area contributed by atoms with Crippen molar-refractivity contribution >= 4 is 57.7 Å². The van der Waals surface area contributed by atoms with Crippen LogP contribution in [-0.2, 0) is 45.1 Å². The molecule has 0 fully saturated rings. The first-order valence-electron chi connectivity index (χ1n) is 20.1. The maximum absolute atomic E-state index is 14.1. The third kappa shape index (κ3) is 12.1. The lowest BCUT2D eigenvalue weighted by Gasteiger charge is -2.14. The number of carboxylic acids is 2. The summed E-state index contributed by atoms with van der Waals surface area (Å²) in [5.74, 6) is -2.94. The van der Waals surface area contributed by atoms with E-state index in [2.05, 4.69) is 10.6 Å². The molecule has 2 heterocycles. The number of fused-ring (bicyclic) bond motifs is 2. The average molecular weight is 919 g/mol. The van der Waals surface area contributed by atoms with Crippen molar-refractivity contribution in [1.82, 2.24) is 10.6 Å². The number of ether oxygens (including phenoxy) is 2. The molecule has 0 saturated heterocycles. The predicted octanol–water partition coefficient (Wildman–Crippen LogP) is 11.1. The molecule has 6 aromatic carbocycles. The molecule has 8 aromatic rings. The zero-order valence-electron chi connectivity index (χ0n) is 34.5. The van der Waals surface area contributed by atoms with Crippen molar-refractivity contribution in [2.45, 2.75) is 38.1 Å². The molecule has 0 aliphatic carbocycles. The Labute approximate surface area is 379 Å². The van der Waals surface area contributed by atoms with Crippen LogP contribution in [0, 0.1) is 17.5 Å². The standard InChI is InChI=1S/C25H19ClFNO5.C25H19F2NO5/c26-21-4-2-1-3-20(21)16-7-10-23-17(12-16)13-19(33-23)14-32-25(31)28-22(24(29)30)11-15-5-8-18(27)9-6-15;26-18-8-5-15(6-9-18)11-22(24(29)30)28-25(31)32-14-19-13-17-12-16(7-10-23(17)33-19)20-3-1-2-4-21(20)27/h2*1-10,12-13,22H,11,14H2,(H,28,31)(H,29,30)/t2*22-/m11/s1. The van der Waals surface area contributed by atoms with Gasteiger partial charge in [-0.2, -0.15) is 0 Å². The van der Waals surface area contributed by atoms with Gasteiger partial charge in [0.05, 0.1) is 0 Å². The Balaban J connectivity index is 0.000000196. The van der Waals surface area contributed by atoms with Gasteiger partial charge in [-0.25, -0.2) is 32.3 Å². The number of furan rings is 2. The van der Waals surface area contributed by atoms with Gasteiger partial charge in [0, 0.05) is 39.8 Å². The minimum absolute atomic E-state index is 0.0137. The summed E-state index contributed by atoms with van der Waals surface area (Å²) < 4.78 is 61.7. The van der Waals surface area contributed by atoms with Crippen molar-refractivity contribution in [3.8, 4) is 22.3 Å². The van der Waals surface area contributed by atoms with Crippen molar-refractivity contribution in [2.24, 2.45) is 0 Å². The fourth-order valence-corrected chi connectivity index (χ4v) is 7.06. The van der Waals surface area contributed by atoms with E-state index in [1.807, 2.05) is 36.4 Å². The first kappa shape index (κ1) is 46.0. The highest BCUT2D eigenvalue weighted by atomic mass is 35.5. The fraction of sp³-hybridized carbons (Fsp3) is 0.120. The molecule has 0 saturated carbocycles. The Morgan fingerprint density at radius 1 is 0.545 bits per heavy atom. The van der Waals surface area contributed by atoms with Gasteiger partial charge in [0.2, 0.25) is 0 Å². The molecular formula is C50H38ClF3N2O10. The molecule has 0 unspecified atom stereocenters. The van der Waals surface area contributed by atoms with E-state index in [9.17, 15) is 42.6 Å². The molecule has 66 heavy (non-hydrogen) atoms. The van der Waals surface area contributed by atoms with Gasteiger partial charge in [-0.1, -0.05) is 84.4 Å². The molecule has 2 amide bonds. The lowest BCUT2D eigenvalue weighted by atomic mass is 10.0. The number of alkyl carbamates (subject to hydrolysis) is 2. The van der Waals surface area contributed by atoms with E-state index in [-0.39, 0.29) is 31.9 Å². The van der Waals surface area contributed by atoms with Crippen LogP contribution in [0.3, 0.4) is 0 Å². The Hall–Kier alpha value is -8.04. The number of halogens is 4. The summed E-state index contributed by atoms with van der Waals surface area (Å²) in [7, 11) is 0. The third-order valence-corrected chi connectivity index (χ3v) is 10.4. The van der Waals surface area contributed by atoms with Crippen LogP contribution >= 0.6 is 11.6 Å². The zero-order chi connectivity index (χ0) is 46.7. The Morgan fingerprint density at radius 3 is 1.41 bits per heavy atom. The number of carbonyl (C=O) groups is 4. The van der Waals surface area contributed by atoms with Gasteiger partial charge < -0.3 is 39.2 Å². The van der Waals surface area contributed by atoms with Gasteiger partial charge >= 0.3 is 24.1 Å². The van der Waals surface area contributed by atoms with Crippen LogP contribution in [0.15, 0.2) is 154 Å². The summed E-state index contributed by atoms with van der Waals surface area (Å²) in [5.41, 5.74) is 5.21. The summed E-state index contributed by atoms with van der Waals surface area (Å²) in [6, 6.07) is 36.4. The second kappa shape index (κ2) is 21.1. The first-order valence-corrected chi connectivity index (χ1v) is 20.5. The van der Waals surface area contributed by atoms with Crippen molar-refractivity contribution < 1.29 is 60.9 Å². The summed E-state index contributed by atoms with van der Waals surface area (Å²) >= 11 is 6.28. The van der Waals surface area contributed by atoms with Crippen LogP contribution < -0.4 is 10.6 Å². The molecule has 2 atom stereocenters. The predicted molar refractivity (Wildman–Crippen MR) is 238 cm³/mol. The number of carbonyl (C=O) groups excluding carboxylic acids is 2. The number of nitrogens with one attached hydrogen (secondary N) is 2. The van der Waals surface area contributed by atoms with Crippen LogP contribution in [0.4, 0.5) is 22.8 Å². The van der Waals surface area contributed by atoms with E-state index in [4.69, 9.17) is 29.9 Å². The Kier molecular flexibility index (Phi) is 14.7. The second-order valence-electron chi connectivity index (χ2n) is 14.8. The molecule has 0 bridgehead atoms. The van der Waals surface area contributed by atoms with Gasteiger partial charge in [-0.3, -0.25) is 0 Å². The van der Waals surface area contributed by atoms with Crippen molar-refractivity contribution in [2.75, 3.05) is 0 Å². The van der Waals surface area contributed by atoms with Crippen LogP contribution in [0.25, 0.3) is 44.2 Å². The molecule has 2 aromatic heterocycles. The van der Waals surface area contributed by atoms with Crippen LogP contribution in [0.1, 0.15) is 22.6 Å². The molecule has 8 rings (SSSR count). The number of aliphatic carboxylic acids is 2. The molecule has 336 valence electrons. The number of benzene rings is 6. The third-order valence-electron chi connectivity index (χ3n) is 10.1. The fourth-order valence-electron chi connectivity index (χ4n) is 6.82. The average Bonchev–Trinajstić information content (AvgIpc) is 3.92. The zero-order valence-corrected chi connectivity index (χ0v) is 35.3. The van der Waals surface area contributed by atoms with Crippen LogP contribution in [0.5, 0.6) is 0 Å². The van der Waals surface area contributed by atoms with E-state index >= 15 is 0 Å². The lowest BCUT2D eigenvalue weighted by molar-refractivity contribution is -0.140. The number of hydrogen-bond donors (Lipinski definition) is 4. The van der Waals surface area contributed by atoms with Gasteiger partial charge in [0.25, 0.3) is 0 Å². The highest BCUT2D eigenvalue weighted by Crippen LogP contribution is 2.32. The largest absolute Gasteiger partial charge is 0.480 e. The van der Waals surface area contributed by atoms with E-state index in [0.29, 0.717) is 55.3 Å². The first-order chi connectivity index (χ1) is 31.8. The summed E-state index contributed by atoms with van der Waals surface area (Å²) in [4.78, 5) is 47.3. The van der Waals surface area contributed by atoms with Crippen molar-refractivity contribution in [1.29, 1.82) is 0 Å². The minimum atomic E-state index is -1.25. The Bertz CT molecular complexity index is 2810. The van der Waals surface area contributed by atoms with Crippen molar-refractivity contribution in [3.05, 3.63) is 191 Å². The van der Waals surface area contributed by atoms with Crippen LogP contribution in [-0.4, -0.2) is 46.4 Å². The summed E-state index contributed by atoms with van der Waals surface area (Å²) in [6.07, 6.45) is -1.88. The van der Waals surface area contributed by atoms with Gasteiger partial charge in [-0.05, 0) is 95.1 Å². The molecule has 12 nitrogen and oxygen atoms in total. The summed E-state index contributed by atoms with van der Waals surface area (Å²) in [6.45, 7) is -0.400. The quantitative estimate of drug-likeness (QED) is 0.0821. The van der Waals surface area contributed by atoms with Gasteiger partial charge in [0.1, 0.15) is 52.2 Å². The number of carboxylic acid groups (broad SMARTS) is 2. The SMILES string of the molecule is O=C(N[C@H](Cc1ccc(F)cc1)C(=O)O)OCc1cc2cc(-c3ccccc3Cl)ccc2o1.O=C(N[C@H](Cc1ccc(F)cc1)C(=O)O)OCc1cc2cc(-c3ccccc3F)ccc2o1. The monoisotopic (exact) mass is 918 g/mol. The highest BCUT2D eigenvalue weighted by Gasteiger charge is 2.23. The molecule has 16 heteroatoms. The van der Waals surface area contributed by atoms with Gasteiger partial charge in [-0.15, -0.1) is 0 Å². The second-order valence-corrected chi connectivity index (χ2v) is 15.2. The number of amides is 2. The van der Waals surface area contributed by atoms with Crippen molar-refractivity contribution in [3.63, 3.8) is 0 Å². The molecule has 0 aliphatic rings. The molecule has 0 aliphatic heterocycles. The normalized spacial score (nSPS) is 11.8. The molecule has 4 N–H and O–H groups in total. The lowest BCUT2D eigenvalue weighted by Crippen LogP contribution is -2.42. The Morgan fingerprint density at radius 2 is 0.970 bits per heavy atom. The van der Waals surface area contributed by atoms with Crippen LogP contribution in [0.2, 0.25) is 5.02 Å². The minimum Gasteiger partial charge on any atom is -0.480 e. The van der Waals surface area contributed by atoms with E-state index in [1.54, 1.807) is 54.6 Å². The maximum Gasteiger partial charge on any atom is 0.408 e. The smallest absolute Gasteiger partial charge is 0.408 e. The topological polar surface area (TPSA) is 178 Å². The molecule has 0 radical (unpaired) electrons. The van der Waals surface area contributed by atoms with E-state index in [1.165, 1.54) is 54.6 Å². The van der Waals surface area contributed by atoms with E-state index < -0.39 is 47.8 Å². The van der Waals surface area contributed by atoms with Gasteiger partial charge in [0.15, 0.2) is 13.2 Å². The molecule has 0 spiro atoms. The van der Waals surface area contributed by atoms with E-state index in [0.717, 1.165) is 16.5 Å². The summed E-state index contributed by atoms with van der Waals surface area (Å²) in [5, 5.41) is 25.5. The highest BCUT2D eigenvalue weighted by molar-refractivity contribution is 6.33. The molecular weight excluding hydrogens is 881 g/mol.